The first-order valence-corrected chi connectivity index (χ1v) is 12.3. The number of carbonyl (C=O) groups excluding carboxylic acids is 1. The number of piperidine rings is 1. The highest BCUT2D eigenvalue weighted by atomic mass is 19.4. The van der Waals surface area contributed by atoms with Crippen molar-refractivity contribution >= 4 is 5.91 Å². The van der Waals surface area contributed by atoms with Gasteiger partial charge in [-0.2, -0.15) is 13.2 Å². The molecule has 194 valence electrons. The number of nitrogens with zero attached hydrogens (tertiary/aromatic N) is 3. The van der Waals surface area contributed by atoms with Crippen LogP contribution in [-0.2, 0) is 18.2 Å². The Kier molecular flexibility index (Phi) is 5.74. The third-order valence-electron chi connectivity index (χ3n) is 7.31. The summed E-state index contributed by atoms with van der Waals surface area (Å²) in [6, 6.07) is 18.7. The number of benzene rings is 2. The van der Waals surface area contributed by atoms with E-state index >= 15 is 0 Å². The van der Waals surface area contributed by atoms with Gasteiger partial charge in [0.1, 0.15) is 17.3 Å². The van der Waals surface area contributed by atoms with Crippen molar-refractivity contribution in [3.63, 3.8) is 0 Å². The lowest BCUT2D eigenvalue weighted by Crippen LogP contribution is -2.50. The van der Waals surface area contributed by atoms with Gasteiger partial charge in [0, 0.05) is 38.5 Å². The van der Waals surface area contributed by atoms with E-state index in [4.69, 9.17) is 4.74 Å². The molecule has 1 amide bonds. The van der Waals surface area contributed by atoms with Crippen molar-refractivity contribution in [2.75, 3.05) is 13.1 Å². The maximum absolute atomic E-state index is 13.9. The van der Waals surface area contributed by atoms with Crippen molar-refractivity contribution < 1.29 is 27.1 Å². The zero-order valence-electron chi connectivity index (χ0n) is 20.2. The van der Waals surface area contributed by atoms with E-state index in [0.29, 0.717) is 60.7 Å². The van der Waals surface area contributed by atoms with Gasteiger partial charge in [0.25, 0.3) is 5.91 Å². The van der Waals surface area contributed by atoms with E-state index in [-0.39, 0.29) is 11.7 Å². The highest BCUT2D eigenvalue weighted by Gasteiger charge is 2.48. The molecule has 2 aliphatic rings. The van der Waals surface area contributed by atoms with Gasteiger partial charge < -0.3 is 14.2 Å². The van der Waals surface area contributed by atoms with Gasteiger partial charge >= 0.3 is 6.18 Å². The Morgan fingerprint density at radius 1 is 0.947 bits per heavy atom. The predicted octanol–water partition coefficient (Wildman–Crippen LogP) is 6.14. The lowest BCUT2D eigenvalue weighted by molar-refractivity contribution is -0.143. The Morgan fingerprint density at radius 2 is 1.68 bits per heavy atom. The summed E-state index contributed by atoms with van der Waals surface area (Å²) in [6.07, 6.45) is -1.88. The SMILES string of the molecule is O=C(c1cccnc1Cc1ccc(F)cc1)N1CCC2(CC1)Oc1ccccc1-n1c(C(F)(F)F)ccc12. The summed E-state index contributed by atoms with van der Waals surface area (Å²) in [7, 11) is 0. The number of hydrogen-bond donors (Lipinski definition) is 0. The Bertz CT molecular complexity index is 1500. The number of amides is 1. The van der Waals surface area contributed by atoms with Crippen LogP contribution in [0.15, 0.2) is 79.0 Å². The summed E-state index contributed by atoms with van der Waals surface area (Å²) in [6.45, 7) is 0.608. The molecule has 0 radical (unpaired) electrons. The second-order valence-corrected chi connectivity index (χ2v) is 9.59. The average molecular weight is 522 g/mol. The zero-order chi connectivity index (χ0) is 26.5. The average Bonchev–Trinajstić information content (AvgIpc) is 3.38. The molecule has 4 heterocycles. The van der Waals surface area contributed by atoms with Gasteiger partial charge in [0.2, 0.25) is 0 Å². The minimum atomic E-state index is -4.53. The first kappa shape index (κ1) is 24.2. The number of fused-ring (bicyclic) bond motifs is 4. The topological polar surface area (TPSA) is 47.4 Å². The first-order chi connectivity index (χ1) is 18.2. The van der Waals surface area contributed by atoms with Gasteiger partial charge in [-0.25, -0.2) is 4.39 Å². The molecule has 1 saturated heterocycles. The van der Waals surface area contributed by atoms with Crippen LogP contribution >= 0.6 is 0 Å². The summed E-state index contributed by atoms with van der Waals surface area (Å²) in [5.41, 5.74) is 0.912. The fourth-order valence-electron chi connectivity index (χ4n) is 5.43. The highest BCUT2D eigenvalue weighted by Crippen LogP contribution is 2.48. The molecule has 0 saturated carbocycles. The van der Waals surface area contributed by atoms with Crippen LogP contribution in [0, 0.1) is 5.82 Å². The number of alkyl halides is 3. The second kappa shape index (κ2) is 9.01. The third kappa shape index (κ3) is 4.12. The quantitative estimate of drug-likeness (QED) is 0.304. The van der Waals surface area contributed by atoms with E-state index in [9.17, 15) is 22.4 Å². The van der Waals surface area contributed by atoms with Crippen LogP contribution in [0.3, 0.4) is 0 Å². The molecule has 2 aliphatic heterocycles. The van der Waals surface area contributed by atoms with E-state index < -0.39 is 17.5 Å². The van der Waals surface area contributed by atoms with Crippen LogP contribution in [0.4, 0.5) is 17.6 Å². The number of halogens is 4. The first-order valence-electron chi connectivity index (χ1n) is 12.3. The zero-order valence-corrected chi connectivity index (χ0v) is 20.2. The molecular formula is C29H23F4N3O2. The lowest BCUT2D eigenvalue weighted by Gasteiger charge is -2.45. The monoisotopic (exact) mass is 521 g/mol. The molecular weight excluding hydrogens is 498 g/mol. The Balaban J connectivity index is 1.27. The van der Waals surface area contributed by atoms with Gasteiger partial charge in [0.15, 0.2) is 5.60 Å². The van der Waals surface area contributed by atoms with Crippen molar-refractivity contribution in [1.29, 1.82) is 0 Å². The van der Waals surface area contributed by atoms with E-state index in [2.05, 4.69) is 4.98 Å². The van der Waals surface area contributed by atoms with Gasteiger partial charge in [-0.15, -0.1) is 0 Å². The summed E-state index contributed by atoms with van der Waals surface area (Å²) < 4.78 is 62.6. The molecule has 0 unspecified atom stereocenters. The van der Waals surface area contributed by atoms with Crippen LogP contribution in [0.25, 0.3) is 5.69 Å². The molecule has 1 spiro atoms. The molecule has 4 aromatic rings. The number of likely N-dealkylation sites (tertiary alicyclic amines) is 1. The summed E-state index contributed by atoms with van der Waals surface area (Å²) in [5, 5.41) is 0. The maximum Gasteiger partial charge on any atom is 0.431 e. The highest BCUT2D eigenvalue weighted by molar-refractivity contribution is 5.95. The number of hydrogen-bond acceptors (Lipinski definition) is 3. The van der Waals surface area contributed by atoms with Crippen molar-refractivity contribution in [3.05, 3.63) is 113 Å². The van der Waals surface area contributed by atoms with E-state index in [1.54, 1.807) is 59.6 Å². The van der Waals surface area contributed by atoms with Gasteiger partial charge in [0.05, 0.1) is 22.6 Å². The van der Waals surface area contributed by atoms with Crippen LogP contribution < -0.4 is 4.74 Å². The standard InChI is InChI=1S/C29H23F4N3O2/c30-20-9-7-19(8-10-20)18-22-21(4-3-15-34-22)27(37)35-16-13-28(14-17-35)25-11-12-26(29(31,32)33)36(25)23-5-1-2-6-24(23)38-28/h1-12,15H,13-14,16-18H2. The Hall–Kier alpha value is -4.14. The fourth-order valence-corrected chi connectivity index (χ4v) is 5.43. The summed E-state index contributed by atoms with van der Waals surface area (Å²) >= 11 is 0. The maximum atomic E-state index is 13.9. The van der Waals surface area contributed by atoms with Crippen molar-refractivity contribution in [3.8, 4) is 11.4 Å². The van der Waals surface area contributed by atoms with Crippen molar-refractivity contribution in [1.82, 2.24) is 14.5 Å². The lowest BCUT2D eigenvalue weighted by atomic mass is 9.86. The normalized spacial score (nSPS) is 16.1. The summed E-state index contributed by atoms with van der Waals surface area (Å²) in [4.78, 5) is 19.6. The number of para-hydroxylation sites is 2. The van der Waals surface area contributed by atoms with Crippen molar-refractivity contribution in [2.24, 2.45) is 0 Å². The summed E-state index contributed by atoms with van der Waals surface area (Å²) in [5.74, 6) is -0.155. The molecule has 0 bridgehead atoms. The van der Waals surface area contributed by atoms with E-state index in [1.165, 1.54) is 22.8 Å². The largest absolute Gasteiger partial charge is 0.479 e. The van der Waals surface area contributed by atoms with Crippen LogP contribution in [0.5, 0.6) is 5.75 Å². The molecule has 0 atom stereocenters. The number of pyridine rings is 1. The molecule has 38 heavy (non-hydrogen) atoms. The minimum absolute atomic E-state index is 0.201. The van der Waals surface area contributed by atoms with Gasteiger partial charge in [-0.05, 0) is 54.1 Å². The minimum Gasteiger partial charge on any atom is -0.479 e. The molecule has 0 aliphatic carbocycles. The molecule has 2 aromatic carbocycles. The van der Waals surface area contributed by atoms with E-state index in [0.717, 1.165) is 11.6 Å². The number of carbonyl (C=O) groups is 1. The Labute approximate surface area is 216 Å². The number of aromatic nitrogens is 2. The van der Waals surface area contributed by atoms with Crippen LogP contribution in [0.1, 0.15) is 45.8 Å². The molecule has 2 aromatic heterocycles. The molecule has 1 fully saturated rings. The molecule has 6 rings (SSSR count). The van der Waals surface area contributed by atoms with Crippen LogP contribution in [-0.4, -0.2) is 33.4 Å². The van der Waals surface area contributed by atoms with E-state index in [1.807, 2.05) is 0 Å². The number of ether oxygens (including phenoxy) is 1. The molecule has 0 N–H and O–H groups in total. The smallest absolute Gasteiger partial charge is 0.431 e. The molecule has 9 heteroatoms. The Morgan fingerprint density at radius 3 is 2.42 bits per heavy atom. The van der Waals surface area contributed by atoms with Crippen LogP contribution in [0.2, 0.25) is 0 Å². The second-order valence-electron chi connectivity index (χ2n) is 9.59. The van der Waals surface area contributed by atoms with Crippen molar-refractivity contribution in [2.45, 2.75) is 31.0 Å². The third-order valence-corrected chi connectivity index (χ3v) is 7.31. The van der Waals surface area contributed by atoms with Gasteiger partial charge in [-0.1, -0.05) is 24.3 Å². The van der Waals surface area contributed by atoms with Gasteiger partial charge in [-0.3, -0.25) is 9.78 Å². The molecule has 5 nitrogen and oxygen atoms in total. The fraction of sp³-hybridized carbons (Fsp3) is 0.241. The predicted molar refractivity (Wildman–Crippen MR) is 132 cm³/mol. The number of rotatable bonds is 3.